The molecule has 6 nitrogen and oxygen atoms in total. The number of hydrogen-bond acceptors (Lipinski definition) is 5. The van der Waals surface area contributed by atoms with Crippen LogP contribution in [-0.2, 0) is 13.7 Å². The molecule has 0 bridgehead atoms. The van der Waals surface area contributed by atoms with Crippen molar-refractivity contribution in [3.05, 3.63) is 35.7 Å². The number of aryl methyl sites for hydroxylation is 2. The minimum absolute atomic E-state index is 0.252. The quantitative estimate of drug-likeness (QED) is 0.733. The lowest BCUT2D eigenvalue weighted by Gasteiger charge is -2.07. The fourth-order valence-electron chi connectivity index (χ4n) is 1.35. The summed E-state index contributed by atoms with van der Waals surface area (Å²) in [7, 11) is 1.83. The largest absolute Gasteiger partial charge is 0.483 e. The molecule has 0 unspecified atom stereocenters. The van der Waals surface area contributed by atoms with Crippen LogP contribution < -0.4 is 4.74 Å². The fourth-order valence-corrected chi connectivity index (χ4v) is 1.35. The Hall–Kier alpha value is -2.24. The highest BCUT2D eigenvalue weighted by Crippen LogP contribution is 2.16. The molecule has 0 radical (unpaired) electrons. The normalized spacial score (nSPS) is 10.2. The second kappa shape index (κ2) is 4.73. The Kier molecular flexibility index (Phi) is 3.13. The lowest BCUT2D eigenvalue weighted by molar-refractivity contribution is 0.111. The van der Waals surface area contributed by atoms with Gasteiger partial charge in [0, 0.05) is 12.7 Å². The molecular weight excluding hydrogens is 220 g/mol. The predicted octanol–water partition coefficient (Wildman–Crippen LogP) is 0.910. The molecule has 0 aromatic carbocycles. The first-order valence-electron chi connectivity index (χ1n) is 5.09. The number of ether oxygens (including phenoxy) is 1. The Morgan fingerprint density at radius 3 is 2.94 bits per heavy atom. The average Bonchev–Trinajstić information content (AvgIpc) is 2.73. The van der Waals surface area contributed by atoms with Crippen LogP contribution in [0.15, 0.2) is 18.5 Å². The van der Waals surface area contributed by atoms with Gasteiger partial charge < -0.3 is 9.30 Å². The highest BCUT2D eigenvalue weighted by molar-refractivity contribution is 5.76. The Morgan fingerprint density at radius 1 is 1.47 bits per heavy atom. The summed E-state index contributed by atoms with van der Waals surface area (Å²) >= 11 is 0. The topological polar surface area (TPSA) is 69.9 Å². The Labute approximate surface area is 98.3 Å². The summed E-state index contributed by atoms with van der Waals surface area (Å²) in [5.41, 5.74) is 1.07. The summed E-state index contributed by atoms with van der Waals surface area (Å²) < 4.78 is 7.24. The van der Waals surface area contributed by atoms with Crippen LogP contribution in [-0.4, -0.2) is 26.0 Å². The molecule has 0 spiro atoms. The van der Waals surface area contributed by atoms with Gasteiger partial charge in [-0.3, -0.25) is 4.79 Å². The summed E-state index contributed by atoms with van der Waals surface area (Å²) in [5, 5.41) is 7.62. The first-order valence-corrected chi connectivity index (χ1v) is 5.09. The van der Waals surface area contributed by atoms with Crippen LogP contribution >= 0.6 is 0 Å². The molecule has 0 saturated carbocycles. The van der Waals surface area contributed by atoms with Crippen molar-refractivity contribution < 1.29 is 9.53 Å². The number of pyridine rings is 1. The maximum atomic E-state index is 10.8. The standard InChI is InChI=1S/C11H12N4O2/c1-8-3-4-10(9(5-16)13-8)17-6-11-14-12-7-15(11)2/h3-5,7H,6H2,1-2H3. The van der Waals surface area contributed by atoms with Crippen molar-refractivity contribution >= 4 is 6.29 Å². The third kappa shape index (κ3) is 2.47. The second-order valence-corrected chi connectivity index (χ2v) is 3.60. The van der Waals surface area contributed by atoms with Crippen molar-refractivity contribution in [3.8, 4) is 5.75 Å². The van der Waals surface area contributed by atoms with E-state index in [1.54, 1.807) is 23.0 Å². The molecule has 6 heteroatoms. The maximum Gasteiger partial charge on any atom is 0.172 e. The number of nitrogens with zero attached hydrogens (tertiary/aromatic N) is 4. The molecule has 0 atom stereocenters. The molecule has 2 aromatic rings. The Balaban J connectivity index is 2.14. The molecule has 88 valence electrons. The van der Waals surface area contributed by atoms with E-state index in [2.05, 4.69) is 15.2 Å². The first-order chi connectivity index (χ1) is 8.20. The molecule has 2 heterocycles. The van der Waals surface area contributed by atoms with Gasteiger partial charge in [-0.25, -0.2) is 4.98 Å². The SMILES string of the molecule is Cc1ccc(OCc2nncn2C)c(C=O)n1. The summed E-state index contributed by atoms with van der Waals surface area (Å²) in [4.78, 5) is 14.9. The summed E-state index contributed by atoms with van der Waals surface area (Å²) in [6.45, 7) is 2.07. The molecule has 0 aliphatic heterocycles. The van der Waals surface area contributed by atoms with E-state index in [1.807, 2.05) is 14.0 Å². The van der Waals surface area contributed by atoms with Gasteiger partial charge in [-0.15, -0.1) is 10.2 Å². The van der Waals surface area contributed by atoms with Crippen molar-refractivity contribution in [2.24, 2.45) is 7.05 Å². The zero-order valence-corrected chi connectivity index (χ0v) is 9.62. The number of hydrogen-bond donors (Lipinski definition) is 0. The van der Waals surface area contributed by atoms with Crippen molar-refractivity contribution in [1.82, 2.24) is 19.7 Å². The molecule has 0 aliphatic carbocycles. The van der Waals surface area contributed by atoms with Crippen LogP contribution in [0.25, 0.3) is 0 Å². The van der Waals surface area contributed by atoms with Crippen LogP contribution in [0.5, 0.6) is 5.75 Å². The van der Waals surface area contributed by atoms with E-state index in [-0.39, 0.29) is 6.61 Å². The van der Waals surface area contributed by atoms with E-state index in [9.17, 15) is 4.79 Å². The minimum atomic E-state index is 0.252. The predicted molar refractivity (Wildman–Crippen MR) is 59.7 cm³/mol. The smallest absolute Gasteiger partial charge is 0.172 e. The summed E-state index contributed by atoms with van der Waals surface area (Å²) in [6.07, 6.45) is 2.27. The molecule has 0 amide bonds. The van der Waals surface area contributed by atoms with Gasteiger partial charge in [-0.2, -0.15) is 0 Å². The van der Waals surface area contributed by atoms with Gasteiger partial charge in [0.1, 0.15) is 24.4 Å². The number of carbonyl (C=O) groups is 1. The Morgan fingerprint density at radius 2 is 2.29 bits per heavy atom. The summed E-state index contributed by atoms with van der Waals surface area (Å²) in [6, 6.07) is 3.52. The highest BCUT2D eigenvalue weighted by atomic mass is 16.5. The monoisotopic (exact) mass is 232 g/mol. The molecule has 2 aromatic heterocycles. The Bertz CT molecular complexity index is 536. The number of rotatable bonds is 4. The molecule has 0 fully saturated rings. The fraction of sp³-hybridized carbons (Fsp3) is 0.273. The number of aldehydes is 1. The zero-order valence-electron chi connectivity index (χ0n) is 9.62. The summed E-state index contributed by atoms with van der Waals surface area (Å²) in [5.74, 6) is 1.14. The van der Waals surface area contributed by atoms with E-state index in [0.29, 0.717) is 23.6 Å². The molecule has 2 rings (SSSR count). The van der Waals surface area contributed by atoms with Gasteiger partial charge in [0.05, 0.1) is 0 Å². The number of aromatic nitrogens is 4. The van der Waals surface area contributed by atoms with Crippen LogP contribution in [0.3, 0.4) is 0 Å². The number of carbonyl (C=O) groups excluding carboxylic acids is 1. The van der Waals surface area contributed by atoms with E-state index in [1.165, 1.54) is 0 Å². The lowest BCUT2D eigenvalue weighted by atomic mass is 10.3. The van der Waals surface area contributed by atoms with Gasteiger partial charge in [0.15, 0.2) is 12.1 Å². The van der Waals surface area contributed by atoms with Crippen molar-refractivity contribution in [1.29, 1.82) is 0 Å². The van der Waals surface area contributed by atoms with Gasteiger partial charge >= 0.3 is 0 Å². The van der Waals surface area contributed by atoms with Crippen LogP contribution in [0, 0.1) is 6.92 Å². The van der Waals surface area contributed by atoms with Crippen molar-refractivity contribution in [2.75, 3.05) is 0 Å². The van der Waals surface area contributed by atoms with E-state index in [4.69, 9.17) is 4.74 Å². The molecule has 17 heavy (non-hydrogen) atoms. The van der Waals surface area contributed by atoms with Gasteiger partial charge in [0.25, 0.3) is 0 Å². The zero-order chi connectivity index (χ0) is 12.3. The van der Waals surface area contributed by atoms with Crippen LogP contribution in [0.1, 0.15) is 22.0 Å². The van der Waals surface area contributed by atoms with Crippen LogP contribution in [0.4, 0.5) is 0 Å². The van der Waals surface area contributed by atoms with Crippen molar-refractivity contribution in [3.63, 3.8) is 0 Å². The van der Waals surface area contributed by atoms with E-state index < -0.39 is 0 Å². The first kappa shape index (κ1) is 11.3. The minimum Gasteiger partial charge on any atom is -0.483 e. The third-order valence-corrected chi connectivity index (χ3v) is 2.30. The second-order valence-electron chi connectivity index (χ2n) is 3.60. The van der Waals surface area contributed by atoms with Gasteiger partial charge in [0.2, 0.25) is 0 Å². The molecule has 0 saturated heterocycles. The van der Waals surface area contributed by atoms with Gasteiger partial charge in [-0.1, -0.05) is 0 Å². The average molecular weight is 232 g/mol. The van der Waals surface area contributed by atoms with E-state index >= 15 is 0 Å². The van der Waals surface area contributed by atoms with Gasteiger partial charge in [-0.05, 0) is 19.1 Å². The lowest BCUT2D eigenvalue weighted by Crippen LogP contribution is -2.05. The van der Waals surface area contributed by atoms with Crippen molar-refractivity contribution in [2.45, 2.75) is 13.5 Å². The highest BCUT2D eigenvalue weighted by Gasteiger charge is 2.07. The third-order valence-electron chi connectivity index (χ3n) is 2.30. The molecule has 0 N–H and O–H groups in total. The molecule has 0 aliphatic rings. The molecular formula is C11H12N4O2. The maximum absolute atomic E-state index is 10.8. The van der Waals surface area contributed by atoms with E-state index in [0.717, 1.165) is 5.69 Å². The van der Waals surface area contributed by atoms with Crippen LogP contribution in [0.2, 0.25) is 0 Å².